The quantitative estimate of drug-likeness (QED) is 0.0138. The minimum atomic E-state index is -2.86. The summed E-state index contributed by atoms with van der Waals surface area (Å²) in [6.45, 7) is 41.4. The van der Waals surface area contributed by atoms with Crippen molar-refractivity contribution in [2.24, 2.45) is 29.2 Å². The standard InChI is InChI=1S/C63H116N6O14Si2/c1-23-43(10)53(51(83-85(40(4)5,41(6)7)42(8)9)36-52(70)81-55(39(2)3)56(78-38-76-19)44(11)37-79-84(21,22)63(16,17)18)67-58(72)54(68-61(75)82-62(13,14)15)45(12)80-60(74)49(35-46-29-31-47(77-20)32-30-46)66-57(71)50-28-26-34-69(50)59(73)48(65)27-24-25-33-64/h29-32,39-45,48-51,53-56H,23-28,33-38,64-65H2,1-22H3,(H,66,71)(H,67,72)(H,68,75)/t43-,44-,45+,48-,49-,50-,51-,53+,54-,55-,56-/m0/s1. The number of nitrogens with zero attached hydrogens (tertiary/aromatic N) is 1. The first kappa shape index (κ1) is 76.9. The van der Waals surface area contributed by atoms with Gasteiger partial charge in [-0.25, -0.2) is 9.59 Å². The van der Waals surface area contributed by atoms with Crippen molar-refractivity contribution >= 4 is 52.4 Å². The Morgan fingerprint density at radius 3 is 1.89 bits per heavy atom. The SMILES string of the molecule is CC[C@H](C)[C@@H](NC(=O)[C@@H](NC(=O)OC(C)(C)C)[C@@H](C)OC(=O)[C@H](Cc1ccc(OC)cc1)NC(=O)[C@@H]1CCCN1C(=O)[C@@H](N)CCCCN)[C@H](CC(=O)O[C@@H](C(C)C)[C@@H](OCOC)[C@@H](C)CO[Si](C)(C)C(C)(C)C)O[Si](C(C)C)(C(C)C)C(C)C. The third-order valence-corrected chi connectivity index (χ3v) is 27.8. The molecule has 22 heteroatoms. The van der Waals surface area contributed by atoms with Gasteiger partial charge in [0.25, 0.3) is 0 Å². The number of carbonyl (C=O) groups excluding carboxylic acids is 6. The Morgan fingerprint density at radius 2 is 1.39 bits per heavy atom. The lowest BCUT2D eigenvalue weighted by Gasteiger charge is -2.47. The van der Waals surface area contributed by atoms with Crippen molar-refractivity contribution in [3.63, 3.8) is 0 Å². The second-order valence-corrected chi connectivity index (χ2v) is 37.6. The fourth-order valence-corrected chi connectivity index (χ4v) is 17.8. The Labute approximate surface area is 513 Å². The molecule has 0 bridgehead atoms. The van der Waals surface area contributed by atoms with Crippen molar-refractivity contribution in [1.29, 1.82) is 0 Å². The van der Waals surface area contributed by atoms with Gasteiger partial charge in [0.05, 0.1) is 31.7 Å². The lowest BCUT2D eigenvalue weighted by Crippen LogP contribution is -2.61. The monoisotopic (exact) mass is 1240 g/mol. The van der Waals surface area contributed by atoms with E-state index in [1.807, 2.05) is 34.6 Å². The Balaban J connectivity index is 2.78. The molecule has 1 aromatic carbocycles. The highest BCUT2D eigenvalue weighted by Gasteiger charge is 2.50. The van der Waals surface area contributed by atoms with Crippen LogP contribution in [0, 0.1) is 17.8 Å². The maximum Gasteiger partial charge on any atom is 0.408 e. The smallest absolute Gasteiger partial charge is 0.408 e. The highest BCUT2D eigenvalue weighted by molar-refractivity contribution is 6.77. The molecule has 11 atom stereocenters. The van der Waals surface area contributed by atoms with Gasteiger partial charge < -0.3 is 69.6 Å². The van der Waals surface area contributed by atoms with Crippen LogP contribution in [0.2, 0.25) is 34.8 Å². The molecule has 1 heterocycles. The number of nitrogens with two attached hydrogens (primary N) is 2. The van der Waals surface area contributed by atoms with Crippen LogP contribution in [0.1, 0.15) is 175 Å². The van der Waals surface area contributed by atoms with E-state index in [9.17, 15) is 24.0 Å². The van der Waals surface area contributed by atoms with Gasteiger partial charge in [0.15, 0.2) is 8.32 Å². The molecule has 0 radical (unpaired) electrons. The zero-order valence-electron chi connectivity index (χ0n) is 56.3. The molecule has 1 fully saturated rings. The van der Waals surface area contributed by atoms with Gasteiger partial charge in [-0.05, 0) is 124 Å². The van der Waals surface area contributed by atoms with E-state index >= 15 is 4.79 Å². The summed E-state index contributed by atoms with van der Waals surface area (Å²) < 4.78 is 49.8. The van der Waals surface area contributed by atoms with E-state index in [4.69, 9.17) is 48.7 Å². The van der Waals surface area contributed by atoms with Crippen molar-refractivity contribution in [2.45, 2.75) is 271 Å². The molecular weight excluding hydrogens is 1120 g/mol. The average molecular weight is 1240 g/mol. The van der Waals surface area contributed by atoms with Crippen molar-refractivity contribution in [3.05, 3.63) is 29.8 Å². The first-order chi connectivity index (χ1) is 39.4. The van der Waals surface area contributed by atoms with Crippen LogP contribution in [0.25, 0.3) is 0 Å². The number of unbranched alkanes of at least 4 members (excludes halogenated alkanes) is 1. The number of hydrogen-bond donors (Lipinski definition) is 5. The van der Waals surface area contributed by atoms with Crippen LogP contribution in [-0.2, 0) is 62.9 Å². The van der Waals surface area contributed by atoms with Gasteiger partial charge in [-0.2, -0.15) is 0 Å². The van der Waals surface area contributed by atoms with Gasteiger partial charge in [0, 0.05) is 32.6 Å². The Hall–Kier alpha value is -4.17. The number of ether oxygens (including phenoxy) is 6. The summed E-state index contributed by atoms with van der Waals surface area (Å²) >= 11 is 0. The number of rotatable bonds is 36. The molecule has 0 spiro atoms. The van der Waals surface area contributed by atoms with Gasteiger partial charge in [-0.1, -0.05) is 122 Å². The number of nitrogens with one attached hydrogen (secondary N) is 3. The number of esters is 2. The molecule has 1 aromatic rings. The van der Waals surface area contributed by atoms with E-state index in [2.05, 4.69) is 91.4 Å². The van der Waals surface area contributed by atoms with E-state index in [1.54, 1.807) is 52.1 Å². The molecule has 1 aliphatic rings. The van der Waals surface area contributed by atoms with Gasteiger partial charge >= 0.3 is 18.0 Å². The molecule has 85 heavy (non-hydrogen) atoms. The molecule has 0 aliphatic carbocycles. The number of methoxy groups -OCH3 is 2. The zero-order chi connectivity index (χ0) is 64.9. The van der Waals surface area contributed by atoms with Crippen molar-refractivity contribution in [3.8, 4) is 5.75 Å². The normalized spacial score (nSPS) is 18.0. The van der Waals surface area contributed by atoms with Crippen molar-refractivity contribution in [2.75, 3.05) is 40.7 Å². The minimum absolute atomic E-state index is 0.0337. The maximum absolute atomic E-state index is 15.4. The second-order valence-electron chi connectivity index (χ2n) is 27.3. The summed E-state index contributed by atoms with van der Waals surface area (Å²) in [5, 5.41) is 8.74. The first-order valence-corrected chi connectivity index (χ1v) is 36.3. The second kappa shape index (κ2) is 35.1. The molecule has 4 amide bonds. The van der Waals surface area contributed by atoms with Gasteiger partial charge in [-0.3, -0.25) is 19.2 Å². The van der Waals surface area contributed by atoms with Crippen LogP contribution < -0.4 is 32.2 Å². The first-order valence-electron chi connectivity index (χ1n) is 31.2. The van der Waals surface area contributed by atoms with E-state index in [0.717, 1.165) is 0 Å². The topological polar surface area (TPSA) is 268 Å². The highest BCUT2D eigenvalue weighted by Crippen LogP contribution is 2.44. The number of amides is 4. The predicted octanol–water partition coefficient (Wildman–Crippen LogP) is 9.69. The fraction of sp³-hybridized carbons (Fsp3) is 0.810. The summed E-state index contributed by atoms with van der Waals surface area (Å²) in [5.74, 6) is -3.30. The van der Waals surface area contributed by atoms with Crippen LogP contribution in [0.4, 0.5) is 4.79 Å². The van der Waals surface area contributed by atoms with Crippen LogP contribution in [0.15, 0.2) is 24.3 Å². The molecule has 7 N–H and O–H groups in total. The number of alkyl carbamates (subject to hydrolysis) is 1. The molecule has 490 valence electrons. The van der Waals surface area contributed by atoms with Gasteiger partial charge in [0.2, 0.25) is 26.0 Å². The molecule has 20 nitrogen and oxygen atoms in total. The Bertz CT molecular complexity index is 2200. The Kier molecular flexibility index (Phi) is 31.8. The summed E-state index contributed by atoms with van der Waals surface area (Å²) in [4.78, 5) is 88.4. The number of hydrogen-bond acceptors (Lipinski definition) is 16. The van der Waals surface area contributed by atoms with E-state index in [0.29, 0.717) is 69.5 Å². The summed E-state index contributed by atoms with van der Waals surface area (Å²) in [7, 11) is -1.95. The summed E-state index contributed by atoms with van der Waals surface area (Å²) in [5.41, 5.74) is 11.9. The lowest BCUT2D eigenvalue weighted by atomic mass is 9.91. The number of carbonyl (C=O) groups is 6. The number of benzene rings is 1. The summed E-state index contributed by atoms with van der Waals surface area (Å²) in [6, 6.07) is 1.45. The fourth-order valence-electron chi connectivity index (χ4n) is 11.1. The summed E-state index contributed by atoms with van der Waals surface area (Å²) in [6.07, 6.45) is -1.72. The van der Waals surface area contributed by atoms with Gasteiger partial charge in [0.1, 0.15) is 54.6 Å². The van der Waals surface area contributed by atoms with Crippen LogP contribution >= 0.6 is 0 Å². The lowest BCUT2D eigenvalue weighted by molar-refractivity contribution is -0.181. The zero-order valence-corrected chi connectivity index (χ0v) is 58.3. The molecule has 0 saturated carbocycles. The molecule has 0 unspecified atom stereocenters. The average Bonchev–Trinajstić information content (AvgIpc) is 2.34. The molecular formula is C63H116N6O14Si2. The van der Waals surface area contributed by atoms with Crippen LogP contribution in [0.3, 0.4) is 0 Å². The van der Waals surface area contributed by atoms with Gasteiger partial charge in [-0.15, -0.1) is 0 Å². The molecule has 2 rings (SSSR count). The van der Waals surface area contributed by atoms with Crippen LogP contribution in [-0.4, -0.2) is 158 Å². The maximum atomic E-state index is 15.4. The minimum Gasteiger partial charge on any atom is -0.497 e. The predicted molar refractivity (Wildman–Crippen MR) is 339 cm³/mol. The third kappa shape index (κ3) is 23.4. The number of likely N-dealkylation sites (tertiary alicyclic amines) is 1. The largest absolute Gasteiger partial charge is 0.497 e. The third-order valence-electron chi connectivity index (χ3n) is 17.1. The van der Waals surface area contributed by atoms with E-state index in [-0.39, 0.29) is 65.0 Å². The van der Waals surface area contributed by atoms with E-state index in [1.165, 1.54) is 18.9 Å². The van der Waals surface area contributed by atoms with Crippen molar-refractivity contribution < 1.29 is 66.0 Å². The Morgan fingerprint density at radius 1 is 0.788 bits per heavy atom. The molecule has 1 saturated heterocycles. The van der Waals surface area contributed by atoms with E-state index < -0.39 is 107 Å². The molecule has 1 aliphatic heterocycles. The highest BCUT2D eigenvalue weighted by atomic mass is 28.4. The van der Waals surface area contributed by atoms with Crippen LogP contribution in [0.5, 0.6) is 5.75 Å². The molecule has 0 aromatic heterocycles. The van der Waals surface area contributed by atoms with Crippen molar-refractivity contribution in [1.82, 2.24) is 20.9 Å².